The third kappa shape index (κ3) is 6.09. The molecule has 8 nitrogen and oxygen atoms in total. The van der Waals surface area contributed by atoms with Crippen LogP contribution in [0.5, 0.6) is 0 Å². The summed E-state index contributed by atoms with van der Waals surface area (Å²) < 4.78 is 14.0. The molecule has 0 heterocycles. The molecule has 0 aromatic rings. The molecule has 76 valence electrons. The molecule has 0 rings (SSSR count). The van der Waals surface area contributed by atoms with E-state index in [1.54, 1.807) is 0 Å². The van der Waals surface area contributed by atoms with Crippen molar-refractivity contribution in [1.82, 2.24) is 10.4 Å². The van der Waals surface area contributed by atoms with Gasteiger partial charge in [0.15, 0.2) is 0 Å². The number of nitrogens with zero attached hydrogens (tertiary/aromatic N) is 1. The van der Waals surface area contributed by atoms with Crippen LogP contribution in [-0.4, -0.2) is 40.4 Å². The molecule has 0 aromatic heterocycles. The van der Waals surface area contributed by atoms with E-state index in [-0.39, 0.29) is 0 Å². The van der Waals surface area contributed by atoms with Gasteiger partial charge < -0.3 is 14.9 Å². The lowest BCUT2D eigenvalue weighted by atomic mass is 10.6. The number of carbonyl (C=O) groups is 1. The molecular weight excluding hydrogens is 201 g/mol. The van der Waals surface area contributed by atoms with Gasteiger partial charge in [-0.05, 0) is 0 Å². The maximum atomic E-state index is 10.1. The summed E-state index contributed by atoms with van der Waals surface area (Å²) >= 11 is 0. The third-order valence-electron chi connectivity index (χ3n) is 0.989. The Morgan fingerprint density at radius 3 is 2.69 bits per heavy atom. The number of carboxylic acids is 1. The standard InChI is InChI=1S/C4H10N3O5P/c1-7(2-3(8)9)4(5)6-12-13(10)11/h13H,2H2,1H3,(H2,5,6)(H,8,9)(H,10,11). The number of likely N-dealkylation sites (N-methyl/N-ethyl adjacent to an activating group) is 1. The fourth-order valence-corrected chi connectivity index (χ4v) is 0.636. The molecule has 0 aliphatic carbocycles. The van der Waals surface area contributed by atoms with Crippen molar-refractivity contribution in [2.75, 3.05) is 13.6 Å². The summed E-state index contributed by atoms with van der Waals surface area (Å²) in [6, 6.07) is 0. The van der Waals surface area contributed by atoms with Crippen LogP contribution >= 0.6 is 8.25 Å². The van der Waals surface area contributed by atoms with E-state index in [0.29, 0.717) is 0 Å². The first-order valence-electron chi connectivity index (χ1n) is 3.10. The minimum atomic E-state index is -3.17. The molecule has 0 fully saturated rings. The fourth-order valence-electron chi connectivity index (χ4n) is 0.452. The molecule has 0 saturated heterocycles. The summed E-state index contributed by atoms with van der Waals surface area (Å²) in [7, 11) is -1.85. The Kier molecular flexibility index (Phi) is 5.05. The van der Waals surface area contributed by atoms with Crippen LogP contribution in [0.2, 0.25) is 0 Å². The van der Waals surface area contributed by atoms with Crippen LogP contribution in [0.4, 0.5) is 0 Å². The normalized spacial score (nSPS) is 11.8. The van der Waals surface area contributed by atoms with Gasteiger partial charge in [-0.1, -0.05) is 0 Å². The van der Waals surface area contributed by atoms with Gasteiger partial charge in [0.2, 0.25) is 5.96 Å². The molecule has 1 unspecified atom stereocenters. The Morgan fingerprint density at radius 2 is 2.31 bits per heavy atom. The Morgan fingerprint density at radius 1 is 1.77 bits per heavy atom. The van der Waals surface area contributed by atoms with E-state index < -0.39 is 26.7 Å². The quantitative estimate of drug-likeness (QED) is 0.200. The highest BCUT2D eigenvalue weighted by molar-refractivity contribution is 7.32. The summed E-state index contributed by atoms with van der Waals surface area (Å²) in [5, 5.41) is 15.4. The van der Waals surface area contributed by atoms with Crippen LogP contribution in [0.15, 0.2) is 0 Å². The average Bonchev–Trinajstić information content (AvgIpc) is 1.98. The van der Waals surface area contributed by atoms with E-state index in [9.17, 15) is 9.36 Å². The zero-order valence-electron chi connectivity index (χ0n) is 6.77. The van der Waals surface area contributed by atoms with Crippen molar-refractivity contribution in [3.63, 3.8) is 0 Å². The van der Waals surface area contributed by atoms with E-state index >= 15 is 0 Å². The van der Waals surface area contributed by atoms with Crippen LogP contribution in [-0.2, 0) is 14.0 Å². The van der Waals surface area contributed by atoms with E-state index in [1.165, 1.54) is 7.05 Å². The van der Waals surface area contributed by atoms with E-state index in [0.717, 1.165) is 4.90 Å². The van der Waals surface area contributed by atoms with Crippen LogP contribution < -0.4 is 5.48 Å². The van der Waals surface area contributed by atoms with Gasteiger partial charge in [0.1, 0.15) is 6.54 Å². The Bertz CT molecular complexity index is 232. The van der Waals surface area contributed by atoms with Crippen LogP contribution in [0.25, 0.3) is 0 Å². The number of rotatable bonds is 4. The maximum absolute atomic E-state index is 10.1. The second-order valence-corrected chi connectivity index (χ2v) is 2.80. The molecule has 1 atom stereocenters. The van der Waals surface area contributed by atoms with Crippen LogP contribution in [0.1, 0.15) is 0 Å². The first kappa shape index (κ1) is 11.9. The highest BCUT2D eigenvalue weighted by Gasteiger charge is 2.08. The van der Waals surface area contributed by atoms with Crippen LogP contribution in [0, 0.1) is 5.41 Å². The molecule has 0 saturated carbocycles. The van der Waals surface area contributed by atoms with Crippen molar-refractivity contribution in [3.05, 3.63) is 0 Å². The Balaban J connectivity index is 3.82. The minimum Gasteiger partial charge on any atom is -0.480 e. The van der Waals surface area contributed by atoms with Crippen molar-refractivity contribution in [1.29, 1.82) is 5.41 Å². The number of hydroxylamine groups is 1. The summed E-state index contributed by atoms with van der Waals surface area (Å²) in [5.41, 5.74) is 1.82. The predicted molar refractivity (Wildman–Crippen MR) is 43.4 cm³/mol. The summed E-state index contributed by atoms with van der Waals surface area (Å²) in [6.45, 7) is -0.401. The summed E-state index contributed by atoms with van der Waals surface area (Å²) in [4.78, 5) is 19.3. The molecule has 13 heavy (non-hydrogen) atoms. The fraction of sp³-hybridized carbons (Fsp3) is 0.500. The van der Waals surface area contributed by atoms with Gasteiger partial charge in [0.05, 0.1) is 0 Å². The lowest BCUT2D eigenvalue weighted by molar-refractivity contribution is -0.137. The van der Waals surface area contributed by atoms with Gasteiger partial charge in [0.25, 0.3) is 0 Å². The van der Waals surface area contributed by atoms with Gasteiger partial charge >= 0.3 is 14.2 Å². The van der Waals surface area contributed by atoms with Crippen molar-refractivity contribution in [2.45, 2.75) is 0 Å². The molecule has 0 amide bonds. The number of aliphatic carboxylic acids is 1. The van der Waals surface area contributed by atoms with Crippen molar-refractivity contribution >= 4 is 20.2 Å². The molecule has 9 heteroatoms. The molecule has 0 spiro atoms. The van der Waals surface area contributed by atoms with E-state index in [2.05, 4.69) is 4.62 Å². The molecule has 0 radical (unpaired) electrons. The van der Waals surface area contributed by atoms with Gasteiger partial charge in [-0.25, -0.2) is 5.48 Å². The number of hydrogen-bond donors (Lipinski definition) is 4. The van der Waals surface area contributed by atoms with E-state index in [1.807, 2.05) is 5.48 Å². The average molecular weight is 211 g/mol. The number of guanidine groups is 1. The van der Waals surface area contributed by atoms with Crippen molar-refractivity contribution in [2.24, 2.45) is 0 Å². The largest absolute Gasteiger partial charge is 0.480 e. The summed E-state index contributed by atoms with van der Waals surface area (Å²) in [6.07, 6.45) is 0. The first-order chi connectivity index (χ1) is 5.93. The zero-order chi connectivity index (χ0) is 10.4. The van der Waals surface area contributed by atoms with Gasteiger partial charge in [-0.2, -0.15) is 4.62 Å². The Labute approximate surface area is 74.5 Å². The van der Waals surface area contributed by atoms with Crippen molar-refractivity contribution in [3.8, 4) is 0 Å². The molecule has 0 aliphatic rings. The molecule has 4 N–H and O–H groups in total. The van der Waals surface area contributed by atoms with Gasteiger partial charge in [-0.15, -0.1) is 0 Å². The minimum absolute atomic E-state index is 0.401. The highest BCUT2D eigenvalue weighted by atomic mass is 31.1. The third-order valence-corrected chi connectivity index (χ3v) is 1.27. The SMILES string of the molecule is CN(CC(=O)O)C(=N)NO[PH](=O)O. The molecule has 0 aromatic carbocycles. The first-order valence-corrected chi connectivity index (χ1v) is 4.37. The summed E-state index contributed by atoms with van der Waals surface area (Å²) in [5.74, 6) is -1.53. The lowest BCUT2D eigenvalue weighted by Crippen LogP contribution is -2.39. The van der Waals surface area contributed by atoms with E-state index in [4.69, 9.17) is 15.4 Å². The molecule has 0 bridgehead atoms. The van der Waals surface area contributed by atoms with Crippen LogP contribution in [0.3, 0.4) is 0 Å². The maximum Gasteiger partial charge on any atom is 0.337 e. The lowest BCUT2D eigenvalue weighted by Gasteiger charge is -2.16. The van der Waals surface area contributed by atoms with Gasteiger partial charge in [-0.3, -0.25) is 14.8 Å². The molecule has 0 aliphatic heterocycles. The number of carboxylic acid groups (broad SMARTS) is 1. The second kappa shape index (κ2) is 5.52. The number of nitrogens with one attached hydrogen (secondary N) is 2. The second-order valence-electron chi connectivity index (χ2n) is 2.07. The predicted octanol–water partition coefficient (Wildman–Crippen LogP) is -1.16. The Hall–Kier alpha value is -1.11. The smallest absolute Gasteiger partial charge is 0.337 e. The number of hydrogen-bond acceptors (Lipinski definition) is 4. The van der Waals surface area contributed by atoms with Gasteiger partial charge in [0, 0.05) is 7.05 Å². The monoisotopic (exact) mass is 211 g/mol. The molecular formula is C4H10N3O5P. The van der Waals surface area contributed by atoms with Crippen molar-refractivity contribution < 1.29 is 24.0 Å². The zero-order valence-corrected chi connectivity index (χ0v) is 7.77. The topological polar surface area (TPSA) is 123 Å². The highest BCUT2D eigenvalue weighted by Crippen LogP contribution is 2.10.